The van der Waals surface area contributed by atoms with Crippen molar-refractivity contribution in [3.8, 4) is 0 Å². The van der Waals surface area contributed by atoms with Crippen LogP contribution in [0.3, 0.4) is 0 Å². The Morgan fingerprint density at radius 2 is 1.90 bits per heavy atom. The zero-order valence-corrected chi connectivity index (χ0v) is 11.0. The first-order valence-electron chi connectivity index (χ1n) is 6.40. The Labute approximate surface area is 114 Å². The second-order valence-corrected chi connectivity index (χ2v) is 4.83. The summed E-state index contributed by atoms with van der Waals surface area (Å²) >= 11 is 0. The molecule has 2 rings (SSSR count). The maximum atomic E-state index is 13.1. The third kappa shape index (κ3) is 2.69. The summed E-state index contributed by atoms with van der Waals surface area (Å²) in [6, 6.07) is 1.36. The zero-order valence-electron chi connectivity index (χ0n) is 11.0. The van der Waals surface area contributed by atoms with E-state index in [1.165, 1.54) is 4.90 Å². The lowest BCUT2D eigenvalue weighted by Crippen LogP contribution is -2.44. The molecule has 0 saturated carbocycles. The van der Waals surface area contributed by atoms with Crippen LogP contribution >= 0.6 is 0 Å². The number of carbonyl (C=O) groups is 2. The standard InChI is InChI=1S/C14H14F3NO2/c1-2-8-7-18(4-3-12(8)19)14(20)9-5-10(15)13(17)11(16)6-9/h5-6,8H,2-4,7H2,1H3. The molecule has 1 amide bonds. The number of benzene rings is 1. The number of hydrogen-bond donors (Lipinski definition) is 0. The van der Waals surface area contributed by atoms with Gasteiger partial charge >= 0.3 is 0 Å². The average Bonchev–Trinajstić information content (AvgIpc) is 2.44. The molecule has 0 N–H and O–H groups in total. The van der Waals surface area contributed by atoms with Crippen LogP contribution in [-0.2, 0) is 4.79 Å². The van der Waals surface area contributed by atoms with Gasteiger partial charge in [0.2, 0.25) is 0 Å². The van der Waals surface area contributed by atoms with Crippen molar-refractivity contribution in [1.82, 2.24) is 4.90 Å². The molecule has 0 spiro atoms. The van der Waals surface area contributed by atoms with E-state index in [1.807, 2.05) is 6.92 Å². The second-order valence-electron chi connectivity index (χ2n) is 4.83. The van der Waals surface area contributed by atoms with Crippen molar-refractivity contribution < 1.29 is 22.8 Å². The van der Waals surface area contributed by atoms with Crippen molar-refractivity contribution in [3.63, 3.8) is 0 Å². The number of halogens is 3. The van der Waals surface area contributed by atoms with E-state index in [9.17, 15) is 22.8 Å². The first-order chi connectivity index (χ1) is 9.43. The molecule has 1 saturated heterocycles. The van der Waals surface area contributed by atoms with Gasteiger partial charge < -0.3 is 4.90 Å². The number of Topliss-reactive ketones (excluding diaryl/α,β-unsaturated/α-hetero) is 1. The van der Waals surface area contributed by atoms with Gasteiger partial charge in [-0.05, 0) is 18.6 Å². The van der Waals surface area contributed by atoms with Crippen molar-refractivity contribution >= 4 is 11.7 Å². The predicted molar refractivity (Wildman–Crippen MR) is 65.6 cm³/mol. The summed E-state index contributed by atoms with van der Waals surface area (Å²) in [5.74, 6) is -5.13. The summed E-state index contributed by atoms with van der Waals surface area (Å²) in [6.07, 6.45) is 0.838. The predicted octanol–water partition coefficient (Wildman–Crippen LogP) is 2.55. The van der Waals surface area contributed by atoms with Gasteiger partial charge in [0.25, 0.3) is 5.91 Å². The topological polar surface area (TPSA) is 37.4 Å². The van der Waals surface area contributed by atoms with Gasteiger partial charge in [0, 0.05) is 31.0 Å². The Hall–Kier alpha value is -1.85. The lowest BCUT2D eigenvalue weighted by atomic mass is 9.93. The fourth-order valence-electron chi connectivity index (χ4n) is 2.31. The van der Waals surface area contributed by atoms with Crippen LogP contribution in [0.4, 0.5) is 13.2 Å². The lowest BCUT2D eigenvalue weighted by molar-refractivity contribution is -0.125. The number of rotatable bonds is 2. The molecule has 0 aromatic heterocycles. The van der Waals surface area contributed by atoms with Crippen molar-refractivity contribution in [1.29, 1.82) is 0 Å². The summed E-state index contributed by atoms with van der Waals surface area (Å²) in [5, 5.41) is 0. The van der Waals surface area contributed by atoms with E-state index >= 15 is 0 Å². The summed E-state index contributed by atoms with van der Waals surface area (Å²) in [7, 11) is 0. The number of likely N-dealkylation sites (tertiary alicyclic amines) is 1. The highest BCUT2D eigenvalue weighted by Crippen LogP contribution is 2.20. The molecule has 0 radical (unpaired) electrons. The molecule has 1 atom stereocenters. The summed E-state index contributed by atoms with van der Waals surface area (Å²) in [4.78, 5) is 25.1. The first-order valence-corrected chi connectivity index (χ1v) is 6.40. The number of ketones is 1. The highest BCUT2D eigenvalue weighted by atomic mass is 19.2. The molecule has 6 heteroatoms. The minimum absolute atomic E-state index is 0.0908. The Bertz CT molecular complexity index is 536. The molecule has 1 aliphatic rings. The van der Waals surface area contributed by atoms with Gasteiger partial charge in [0.05, 0.1) is 0 Å². The Kier molecular flexibility index (Phi) is 4.11. The quantitative estimate of drug-likeness (QED) is 0.783. The van der Waals surface area contributed by atoms with E-state index in [4.69, 9.17) is 0 Å². The number of nitrogens with zero attached hydrogens (tertiary/aromatic N) is 1. The highest BCUT2D eigenvalue weighted by molar-refractivity contribution is 5.95. The Balaban J connectivity index is 2.21. The normalized spacial score (nSPS) is 19.3. The summed E-state index contributed by atoms with van der Waals surface area (Å²) in [6.45, 7) is 2.29. The molecule has 1 aliphatic heterocycles. The van der Waals surface area contributed by atoms with Gasteiger partial charge in [-0.3, -0.25) is 9.59 Å². The number of amides is 1. The monoisotopic (exact) mass is 285 g/mol. The molecule has 108 valence electrons. The molecule has 1 unspecified atom stereocenters. The minimum Gasteiger partial charge on any atom is -0.337 e. The molecular formula is C14H14F3NO2. The van der Waals surface area contributed by atoms with Crippen molar-refractivity contribution in [2.75, 3.05) is 13.1 Å². The average molecular weight is 285 g/mol. The summed E-state index contributed by atoms with van der Waals surface area (Å²) in [5.41, 5.74) is -0.245. The van der Waals surface area contributed by atoms with Crippen LogP contribution in [0.5, 0.6) is 0 Å². The van der Waals surface area contributed by atoms with Crippen LogP contribution < -0.4 is 0 Å². The Morgan fingerprint density at radius 1 is 1.30 bits per heavy atom. The van der Waals surface area contributed by atoms with Crippen molar-refractivity contribution in [3.05, 3.63) is 35.1 Å². The van der Waals surface area contributed by atoms with E-state index in [-0.39, 0.29) is 36.8 Å². The smallest absolute Gasteiger partial charge is 0.254 e. The van der Waals surface area contributed by atoms with Crippen molar-refractivity contribution in [2.45, 2.75) is 19.8 Å². The fourth-order valence-corrected chi connectivity index (χ4v) is 2.31. The van der Waals surface area contributed by atoms with E-state index in [1.54, 1.807) is 0 Å². The van der Waals surface area contributed by atoms with Crippen molar-refractivity contribution in [2.24, 2.45) is 5.92 Å². The Morgan fingerprint density at radius 3 is 2.45 bits per heavy atom. The van der Waals surface area contributed by atoms with Crippen LogP contribution in [0.2, 0.25) is 0 Å². The van der Waals surface area contributed by atoms with E-state index in [0.29, 0.717) is 18.6 Å². The van der Waals surface area contributed by atoms with Gasteiger partial charge in [-0.1, -0.05) is 6.92 Å². The van der Waals surface area contributed by atoms with E-state index in [0.717, 1.165) is 0 Å². The molecule has 20 heavy (non-hydrogen) atoms. The van der Waals surface area contributed by atoms with E-state index < -0.39 is 23.4 Å². The molecule has 1 fully saturated rings. The van der Waals surface area contributed by atoms with Crippen LogP contribution in [0.25, 0.3) is 0 Å². The van der Waals surface area contributed by atoms with E-state index in [2.05, 4.69) is 0 Å². The number of hydrogen-bond acceptors (Lipinski definition) is 2. The van der Waals surface area contributed by atoms with Crippen LogP contribution in [0.1, 0.15) is 30.1 Å². The minimum atomic E-state index is -1.60. The highest BCUT2D eigenvalue weighted by Gasteiger charge is 2.29. The molecule has 1 heterocycles. The van der Waals surface area contributed by atoms with Gasteiger partial charge in [-0.25, -0.2) is 13.2 Å². The fraction of sp³-hybridized carbons (Fsp3) is 0.429. The third-order valence-corrected chi connectivity index (χ3v) is 3.54. The van der Waals surface area contributed by atoms with Crippen LogP contribution in [0, 0.1) is 23.4 Å². The molecule has 0 bridgehead atoms. The van der Waals surface area contributed by atoms with Gasteiger partial charge in [-0.15, -0.1) is 0 Å². The van der Waals surface area contributed by atoms with Gasteiger partial charge in [0.1, 0.15) is 5.78 Å². The maximum absolute atomic E-state index is 13.1. The molecule has 1 aromatic rings. The number of carbonyl (C=O) groups excluding carboxylic acids is 2. The van der Waals surface area contributed by atoms with Gasteiger partial charge in [0.15, 0.2) is 17.5 Å². The third-order valence-electron chi connectivity index (χ3n) is 3.54. The summed E-state index contributed by atoms with van der Waals surface area (Å²) < 4.78 is 39.1. The SMILES string of the molecule is CCC1CN(C(=O)c2cc(F)c(F)c(F)c2)CCC1=O. The van der Waals surface area contributed by atoms with Crippen LogP contribution in [0.15, 0.2) is 12.1 Å². The molecule has 1 aromatic carbocycles. The molecule has 0 aliphatic carbocycles. The molecule has 3 nitrogen and oxygen atoms in total. The number of piperidine rings is 1. The first kappa shape index (κ1) is 14.6. The maximum Gasteiger partial charge on any atom is 0.254 e. The largest absolute Gasteiger partial charge is 0.337 e. The second kappa shape index (κ2) is 5.64. The zero-order chi connectivity index (χ0) is 14.9. The molecular weight excluding hydrogens is 271 g/mol. The lowest BCUT2D eigenvalue weighted by Gasteiger charge is -2.31. The van der Waals surface area contributed by atoms with Crippen LogP contribution in [-0.4, -0.2) is 29.7 Å². The van der Waals surface area contributed by atoms with Gasteiger partial charge in [-0.2, -0.15) is 0 Å².